The summed E-state index contributed by atoms with van der Waals surface area (Å²) in [4.78, 5) is 32.2. The first-order valence-electron chi connectivity index (χ1n) is 10.4. The number of hydrogen-bond acceptors (Lipinski definition) is 6. The minimum absolute atomic E-state index is 0.0503. The molecule has 7 nitrogen and oxygen atoms in total. The quantitative estimate of drug-likeness (QED) is 0.251. The monoisotopic (exact) mass is 434 g/mol. The van der Waals surface area contributed by atoms with Crippen molar-refractivity contribution < 1.29 is 14.1 Å². The molecule has 0 N–H and O–H groups in total. The van der Waals surface area contributed by atoms with Crippen LogP contribution in [0.2, 0.25) is 0 Å². The Bertz CT molecular complexity index is 1180. The van der Waals surface area contributed by atoms with Gasteiger partial charge >= 0.3 is 0 Å². The van der Waals surface area contributed by atoms with Crippen molar-refractivity contribution in [1.29, 1.82) is 0 Å². The van der Waals surface area contributed by atoms with Crippen LogP contribution in [0.3, 0.4) is 0 Å². The summed E-state index contributed by atoms with van der Waals surface area (Å²) in [7, 11) is 0. The Hall–Kier alpha value is -3.65. The van der Waals surface area contributed by atoms with E-state index in [9.17, 15) is 19.3 Å². The lowest BCUT2D eigenvalue weighted by Crippen LogP contribution is -2.49. The molecule has 1 atom stereocenters. The number of rotatable bonds is 6. The number of fused-ring (bicyclic) bond motifs is 1. The van der Waals surface area contributed by atoms with Crippen molar-refractivity contribution in [2.45, 2.75) is 19.5 Å². The summed E-state index contributed by atoms with van der Waals surface area (Å²) >= 11 is 0. The molecule has 0 spiro atoms. The average molecular weight is 434 g/mol. The zero-order valence-corrected chi connectivity index (χ0v) is 17.6. The van der Waals surface area contributed by atoms with Crippen LogP contribution in [0, 0.1) is 15.9 Å². The van der Waals surface area contributed by atoms with Crippen molar-refractivity contribution in [1.82, 2.24) is 14.8 Å². The first-order chi connectivity index (χ1) is 15.4. The van der Waals surface area contributed by atoms with Gasteiger partial charge in [-0.3, -0.25) is 24.8 Å². The molecule has 2 aromatic carbocycles. The number of carbonyl (C=O) groups is 1. The SMILES string of the molecule is C[C@@H]1CN(Cc2ccc(F)cc2)CCN1C=CC(=O)c1cc2cccnc2cc1[N+](=O)[O-]. The normalized spacial score (nSPS) is 17.2. The Morgan fingerprint density at radius 2 is 2.03 bits per heavy atom. The smallest absolute Gasteiger partial charge is 0.282 e. The van der Waals surface area contributed by atoms with Crippen molar-refractivity contribution in [2.24, 2.45) is 0 Å². The molecule has 4 rings (SSSR count). The maximum absolute atomic E-state index is 13.1. The Morgan fingerprint density at radius 3 is 2.75 bits per heavy atom. The van der Waals surface area contributed by atoms with E-state index in [1.807, 2.05) is 0 Å². The molecule has 1 aliphatic rings. The summed E-state index contributed by atoms with van der Waals surface area (Å²) in [5.41, 5.74) is 1.33. The van der Waals surface area contributed by atoms with Crippen molar-refractivity contribution in [2.75, 3.05) is 19.6 Å². The van der Waals surface area contributed by atoms with Crippen molar-refractivity contribution in [3.05, 3.63) is 94.1 Å². The molecular formula is C24H23FN4O3. The van der Waals surface area contributed by atoms with E-state index in [1.165, 1.54) is 30.3 Å². The minimum atomic E-state index is -0.550. The van der Waals surface area contributed by atoms with Crippen LogP contribution >= 0.6 is 0 Å². The van der Waals surface area contributed by atoms with Crippen LogP contribution in [0.25, 0.3) is 10.9 Å². The van der Waals surface area contributed by atoms with Gasteiger partial charge in [-0.2, -0.15) is 0 Å². The highest BCUT2D eigenvalue weighted by molar-refractivity contribution is 6.09. The first-order valence-corrected chi connectivity index (χ1v) is 10.4. The van der Waals surface area contributed by atoms with Crippen molar-refractivity contribution in [3.63, 3.8) is 0 Å². The van der Waals surface area contributed by atoms with E-state index < -0.39 is 10.7 Å². The summed E-state index contributed by atoms with van der Waals surface area (Å²) in [6.45, 7) is 5.10. The van der Waals surface area contributed by atoms with Crippen LogP contribution in [0.1, 0.15) is 22.8 Å². The molecule has 0 saturated carbocycles. The molecule has 0 bridgehead atoms. The molecule has 164 valence electrons. The van der Waals surface area contributed by atoms with Gasteiger partial charge in [-0.1, -0.05) is 18.2 Å². The Kier molecular flexibility index (Phi) is 6.23. The van der Waals surface area contributed by atoms with Crippen LogP contribution in [0.4, 0.5) is 10.1 Å². The van der Waals surface area contributed by atoms with E-state index in [1.54, 1.807) is 36.7 Å². The molecule has 1 aliphatic heterocycles. The molecule has 1 saturated heterocycles. The van der Waals surface area contributed by atoms with Gasteiger partial charge in [0.15, 0.2) is 5.78 Å². The number of nitrogens with zero attached hydrogens (tertiary/aromatic N) is 4. The third kappa shape index (κ3) is 4.81. The lowest BCUT2D eigenvalue weighted by molar-refractivity contribution is -0.385. The molecule has 32 heavy (non-hydrogen) atoms. The fraction of sp³-hybridized carbons (Fsp3) is 0.250. The summed E-state index contributed by atoms with van der Waals surface area (Å²) in [5.74, 6) is -0.659. The van der Waals surface area contributed by atoms with Gasteiger partial charge in [-0.05, 0) is 36.8 Å². The van der Waals surface area contributed by atoms with Crippen LogP contribution in [-0.2, 0) is 6.54 Å². The number of allylic oxidation sites excluding steroid dienone is 1. The average Bonchev–Trinajstić information content (AvgIpc) is 2.79. The number of aromatic nitrogens is 1. The van der Waals surface area contributed by atoms with E-state index in [0.717, 1.165) is 31.7 Å². The van der Waals surface area contributed by atoms with Gasteiger partial charge in [-0.15, -0.1) is 0 Å². The first kappa shape index (κ1) is 21.6. The number of carbonyl (C=O) groups excluding carboxylic acids is 1. The number of nitro groups is 1. The lowest BCUT2D eigenvalue weighted by Gasteiger charge is -2.39. The van der Waals surface area contributed by atoms with E-state index in [-0.39, 0.29) is 23.1 Å². The number of benzene rings is 2. The van der Waals surface area contributed by atoms with Crippen LogP contribution in [-0.4, -0.2) is 51.2 Å². The molecule has 0 radical (unpaired) electrons. The Balaban J connectivity index is 1.44. The van der Waals surface area contributed by atoms with Crippen LogP contribution in [0.15, 0.2) is 67.0 Å². The Morgan fingerprint density at radius 1 is 1.25 bits per heavy atom. The molecule has 1 fully saturated rings. The van der Waals surface area contributed by atoms with Crippen LogP contribution in [0.5, 0.6) is 0 Å². The van der Waals surface area contributed by atoms with E-state index in [4.69, 9.17) is 0 Å². The van der Waals surface area contributed by atoms with E-state index >= 15 is 0 Å². The lowest BCUT2D eigenvalue weighted by atomic mass is 10.0. The maximum Gasteiger partial charge on any atom is 0.282 e. The molecule has 3 aromatic rings. The molecule has 8 heteroatoms. The molecule has 1 aromatic heterocycles. The number of piperazine rings is 1. The second-order valence-electron chi connectivity index (χ2n) is 7.95. The topological polar surface area (TPSA) is 79.6 Å². The number of halogens is 1. The molecular weight excluding hydrogens is 411 g/mol. The fourth-order valence-corrected chi connectivity index (χ4v) is 3.97. The van der Waals surface area contributed by atoms with Gasteiger partial charge in [0.05, 0.1) is 10.4 Å². The number of pyridine rings is 1. The van der Waals surface area contributed by atoms with E-state index in [2.05, 4.69) is 21.7 Å². The second kappa shape index (κ2) is 9.23. The fourth-order valence-electron chi connectivity index (χ4n) is 3.97. The minimum Gasteiger partial charge on any atom is -0.372 e. The highest BCUT2D eigenvalue weighted by atomic mass is 19.1. The van der Waals surface area contributed by atoms with Gasteiger partial charge in [0, 0.05) is 62.1 Å². The number of nitro benzene ring substituents is 1. The summed E-state index contributed by atoms with van der Waals surface area (Å²) in [6.07, 6.45) is 4.68. The summed E-state index contributed by atoms with van der Waals surface area (Å²) in [5, 5.41) is 12.2. The summed E-state index contributed by atoms with van der Waals surface area (Å²) < 4.78 is 13.1. The van der Waals surface area contributed by atoms with Gasteiger partial charge in [0.25, 0.3) is 5.69 Å². The molecule has 0 amide bonds. The third-order valence-electron chi connectivity index (χ3n) is 5.68. The number of ketones is 1. The zero-order chi connectivity index (χ0) is 22.7. The van der Waals surface area contributed by atoms with Gasteiger partial charge in [-0.25, -0.2) is 4.39 Å². The predicted molar refractivity (Wildman–Crippen MR) is 120 cm³/mol. The maximum atomic E-state index is 13.1. The second-order valence-corrected chi connectivity index (χ2v) is 7.95. The van der Waals surface area contributed by atoms with Crippen LogP contribution < -0.4 is 0 Å². The predicted octanol–water partition coefficient (Wildman–Crippen LogP) is 4.18. The van der Waals surface area contributed by atoms with E-state index in [0.29, 0.717) is 10.9 Å². The Labute approximate surface area is 184 Å². The third-order valence-corrected chi connectivity index (χ3v) is 5.68. The number of hydrogen-bond donors (Lipinski definition) is 0. The van der Waals surface area contributed by atoms with Gasteiger partial charge in [0.1, 0.15) is 11.4 Å². The zero-order valence-electron chi connectivity index (χ0n) is 17.6. The summed E-state index contributed by atoms with van der Waals surface area (Å²) in [6, 6.07) is 13.0. The molecule has 2 heterocycles. The highest BCUT2D eigenvalue weighted by Gasteiger charge is 2.23. The van der Waals surface area contributed by atoms with Crippen molar-refractivity contribution in [3.8, 4) is 0 Å². The largest absolute Gasteiger partial charge is 0.372 e. The molecule has 0 unspecified atom stereocenters. The van der Waals surface area contributed by atoms with Gasteiger partial charge < -0.3 is 4.90 Å². The van der Waals surface area contributed by atoms with Crippen molar-refractivity contribution >= 4 is 22.4 Å². The standard InChI is InChI=1S/C24H23FN4O3/c1-17-15-27(16-18-4-6-20(25)7-5-18)11-12-28(17)10-8-24(30)21-13-19-3-2-9-26-22(19)14-23(21)29(31)32/h2-10,13-14,17H,11-12,15-16H2,1H3/t17-/m1/s1. The van der Waals surface area contributed by atoms with Gasteiger partial charge in [0.2, 0.25) is 0 Å². The molecule has 0 aliphatic carbocycles. The highest BCUT2D eigenvalue weighted by Crippen LogP contribution is 2.25.